The lowest BCUT2D eigenvalue weighted by Gasteiger charge is -2.23. The Hall–Kier alpha value is -0.590. The van der Waals surface area contributed by atoms with E-state index >= 15 is 0 Å². The molecule has 0 saturated carbocycles. The molecule has 6 heteroatoms. The lowest BCUT2D eigenvalue weighted by molar-refractivity contribution is -0.143. The van der Waals surface area contributed by atoms with Gasteiger partial charge < -0.3 is 5.11 Å². The second-order valence-electron chi connectivity index (χ2n) is 3.47. The minimum atomic E-state index is -0.746. The van der Waals surface area contributed by atoms with Gasteiger partial charge in [-0.25, -0.2) is 4.98 Å². The zero-order chi connectivity index (χ0) is 10.7. The first kappa shape index (κ1) is 10.9. The molecule has 0 amide bonds. The minimum Gasteiger partial charge on any atom is -0.480 e. The second kappa shape index (κ2) is 4.51. The number of hydrogen-bond acceptors (Lipinski definition) is 5. The van der Waals surface area contributed by atoms with Gasteiger partial charge in [0.1, 0.15) is 10.5 Å². The number of thiazole rings is 1. The first-order valence-electron chi connectivity index (χ1n) is 4.67. The number of nitrogens with one attached hydrogen (secondary N) is 1. The van der Waals surface area contributed by atoms with Crippen molar-refractivity contribution in [3.63, 3.8) is 0 Å². The van der Waals surface area contributed by atoms with E-state index in [2.05, 4.69) is 10.3 Å². The third-order valence-corrected chi connectivity index (χ3v) is 4.46. The molecule has 1 aromatic heterocycles. The Morgan fingerprint density at radius 2 is 2.60 bits per heavy atom. The van der Waals surface area contributed by atoms with Crippen LogP contribution < -0.4 is 5.32 Å². The van der Waals surface area contributed by atoms with E-state index in [9.17, 15) is 9.90 Å². The number of aliphatic carboxylic acids is 1. The topological polar surface area (TPSA) is 62.2 Å². The maximum Gasteiger partial charge on any atom is 0.324 e. The maximum absolute atomic E-state index is 11.2. The molecule has 2 N–H and O–H groups in total. The fourth-order valence-electron chi connectivity index (χ4n) is 1.53. The molecule has 1 saturated heterocycles. The van der Waals surface area contributed by atoms with Gasteiger partial charge >= 0.3 is 5.97 Å². The van der Waals surface area contributed by atoms with Crippen LogP contribution in [0.2, 0.25) is 0 Å². The van der Waals surface area contributed by atoms with E-state index in [1.165, 1.54) is 0 Å². The smallest absolute Gasteiger partial charge is 0.324 e. The van der Waals surface area contributed by atoms with Crippen LogP contribution in [0.1, 0.15) is 11.4 Å². The van der Waals surface area contributed by atoms with Crippen LogP contribution >= 0.6 is 23.1 Å². The molecule has 15 heavy (non-hydrogen) atoms. The molecule has 82 valence electrons. The summed E-state index contributed by atoms with van der Waals surface area (Å²) in [7, 11) is 0. The average molecular weight is 244 g/mol. The molecule has 0 bridgehead atoms. The molecule has 1 aromatic rings. The molecule has 0 aliphatic carbocycles. The summed E-state index contributed by atoms with van der Waals surface area (Å²) in [4.78, 5) is 15.3. The summed E-state index contributed by atoms with van der Waals surface area (Å²) in [6, 6.07) is 0. The molecule has 0 spiro atoms. The second-order valence-corrected chi connectivity index (χ2v) is 5.55. The summed E-state index contributed by atoms with van der Waals surface area (Å²) < 4.78 is 0. The standard InChI is InChI=1S/C9H12N2O2S2/c12-8(13)9(1-3-14-6-9)11-5-7-10-2-4-15-7/h2,4,11H,1,3,5-6H2,(H,12,13). The molecular weight excluding hydrogens is 232 g/mol. The van der Waals surface area contributed by atoms with E-state index in [-0.39, 0.29) is 0 Å². The molecule has 1 aliphatic rings. The van der Waals surface area contributed by atoms with Crippen molar-refractivity contribution in [2.45, 2.75) is 18.5 Å². The van der Waals surface area contributed by atoms with Crippen molar-refractivity contribution in [2.24, 2.45) is 0 Å². The van der Waals surface area contributed by atoms with Gasteiger partial charge in [0.05, 0.1) is 0 Å². The van der Waals surface area contributed by atoms with E-state index in [0.29, 0.717) is 18.7 Å². The Morgan fingerprint density at radius 1 is 1.73 bits per heavy atom. The number of hydrogen-bond donors (Lipinski definition) is 2. The third-order valence-electron chi connectivity index (χ3n) is 2.49. The molecular formula is C9H12N2O2S2. The zero-order valence-electron chi connectivity index (χ0n) is 8.10. The third kappa shape index (κ3) is 2.32. The monoisotopic (exact) mass is 244 g/mol. The number of carbonyl (C=O) groups is 1. The summed E-state index contributed by atoms with van der Waals surface area (Å²) in [5.74, 6) is 0.814. The number of thioether (sulfide) groups is 1. The van der Waals surface area contributed by atoms with E-state index in [1.54, 1.807) is 29.3 Å². The summed E-state index contributed by atoms with van der Waals surface area (Å²) in [5.41, 5.74) is -0.740. The summed E-state index contributed by atoms with van der Waals surface area (Å²) >= 11 is 3.23. The highest BCUT2D eigenvalue weighted by Crippen LogP contribution is 2.28. The van der Waals surface area contributed by atoms with Gasteiger partial charge in [-0.15, -0.1) is 11.3 Å². The fraction of sp³-hybridized carbons (Fsp3) is 0.556. The van der Waals surface area contributed by atoms with Gasteiger partial charge in [-0.05, 0) is 12.2 Å². The van der Waals surface area contributed by atoms with Crippen molar-refractivity contribution >= 4 is 29.1 Å². The van der Waals surface area contributed by atoms with Crippen molar-refractivity contribution in [3.05, 3.63) is 16.6 Å². The van der Waals surface area contributed by atoms with Crippen molar-refractivity contribution in [1.29, 1.82) is 0 Å². The lowest BCUT2D eigenvalue weighted by Crippen LogP contribution is -2.51. The van der Waals surface area contributed by atoms with Crippen molar-refractivity contribution in [3.8, 4) is 0 Å². The van der Waals surface area contributed by atoms with Crippen LogP contribution in [-0.2, 0) is 11.3 Å². The lowest BCUT2D eigenvalue weighted by atomic mass is 9.99. The van der Waals surface area contributed by atoms with Crippen LogP contribution in [0, 0.1) is 0 Å². The van der Waals surface area contributed by atoms with Gasteiger partial charge in [0.2, 0.25) is 0 Å². The van der Waals surface area contributed by atoms with Gasteiger partial charge in [-0.2, -0.15) is 11.8 Å². The number of aromatic nitrogens is 1. The first-order chi connectivity index (χ1) is 7.23. The molecule has 1 fully saturated rings. The van der Waals surface area contributed by atoms with E-state index in [1.807, 2.05) is 5.38 Å². The fourth-order valence-corrected chi connectivity index (χ4v) is 3.45. The highest BCUT2D eigenvalue weighted by atomic mass is 32.2. The number of rotatable bonds is 4. The molecule has 2 heterocycles. The Balaban J connectivity index is 1.99. The quantitative estimate of drug-likeness (QED) is 0.833. The molecule has 0 radical (unpaired) electrons. The predicted molar refractivity (Wildman–Crippen MR) is 61.3 cm³/mol. The van der Waals surface area contributed by atoms with Crippen LogP contribution in [0.25, 0.3) is 0 Å². The van der Waals surface area contributed by atoms with Crippen LogP contribution in [0.3, 0.4) is 0 Å². The molecule has 1 unspecified atom stereocenters. The van der Waals surface area contributed by atoms with Gasteiger partial charge in [-0.1, -0.05) is 0 Å². The number of nitrogens with zero attached hydrogens (tertiary/aromatic N) is 1. The van der Waals surface area contributed by atoms with Gasteiger partial charge in [0, 0.05) is 23.9 Å². The zero-order valence-corrected chi connectivity index (χ0v) is 9.74. The molecule has 4 nitrogen and oxygen atoms in total. The van der Waals surface area contributed by atoms with Crippen LogP contribution in [-0.4, -0.2) is 33.1 Å². The van der Waals surface area contributed by atoms with E-state index < -0.39 is 11.5 Å². The van der Waals surface area contributed by atoms with Crippen LogP contribution in [0.4, 0.5) is 0 Å². The Morgan fingerprint density at radius 3 is 3.13 bits per heavy atom. The van der Waals surface area contributed by atoms with Crippen molar-refractivity contribution in [2.75, 3.05) is 11.5 Å². The maximum atomic E-state index is 11.2. The molecule has 2 rings (SSSR count). The highest BCUT2D eigenvalue weighted by Gasteiger charge is 2.41. The Labute approximate surface area is 96.1 Å². The SMILES string of the molecule is O=C(O)C1(NCc2nccs2)CCSC1. The van der Waals surface area contributed by atoms with Crippen LogP contribution in [0.5, 0.6) is 0 Å². The highest BCUT2D eigenvalue weighted by molar-refractivity contribution is 7.99. The molecule has 0 aromatic carbocycles. The largest absolute Gasteiger partial charge is 0.480 e. The van der Waals surface area contributed by atoms with Crippen LogP contribution in [0.15, 0.2) is 11.6 Å². The molecule has 1 aliphatic heterocycles. The number of carboxylic acids is 1. The van der Waals surface area contributed by atoms with Gasteiger partial charge in [-0.3, -0.25) is 10.1 Å². The minimum absolute atomic E-state index is 0.546. The van der Waals surface area contributed by atoms with Gasteiger partial charge in [0.15, 0.2) is 0 Å². The van der Waals surface area contributed by atoms with E-state index in [4.69, 9.17) is 0 Å². The van der Waals surface area contributed by atoms with Crippen molar-refractivity contribution < 1.29 is 9.90 Å². The summed E-state index contributed by atoms with van der Waals surface area (Å²) in [6.07, 6.45) is 2.43. The van der Waals surface area contributed by atoms with Crippen molar-refractivity contribution in [1.82, 2.24) is 10.3 Å². The van der Waals surface area contributed by atoms with Gasteiger partial charge in [0.25, 0.3) is 0 Å². The normalized spacial score (nSPS) is 25.6. The Kier molecular flexibility index (Phi) is 3.28. The predicted octanol–water partition coefficient (Wildman–Crippen LogP) is 1.19. The molecule has 1 atom stereocenters. The first-order valence-corrected chi connectivity index (χ1v) is 6.71. The Bertz CT molecular complexity index is 334. The van der Waals surface area contributed by atoms with E-state index in [0.717, 1.165) is 10.8 Å². The summed E-state index contributed by atoms with van der Waals surface area (Å²) in [5, 5.41) is 15.2. The summed E-state index contributed by atoms with van der Waals surface area (Å²) in [6.45, 7) is 0.546. The number of carboxylic acid groups (broad SMARTS) is 1. The average Bonchev–Trinajstić information content (AvgIpc) is 2.87.